The Kier molecular flexibility index (Phi) is 6.43. The molecule has 1 aromatic carbocycles. The number of aryl methyl sites for hydroxylation is 1. The highest BCUT2D eigenvalue weighted by atomic mass is 16.5. The highest BCUT2D eigenvalue weighted by Crippen LogP contribution is 2.20. The second kappa shape index (κ2) is 7.92. The van der Waals surface area contributed by atoms with E-state index in [0.717, 1.165) is 23.4 Å². The fraction of sp³-hybridized carbons (Fsp3) is 0.538. The summed E-state index contributed by atoms with van der Waals surface area (Å²) in [6.45, 7) is 4.60. The molecule has 0 aliphatic carbocycles. The van der Waals surface area contributed by atoms with Gasteiger partial charge in [0.25, 0.3) is 0 Å². The molecule has 17 heavy (non-hydrogen) atoms. The molecule has 0 amide bonds. The lowest BCUT2D eigenvalue weighted by atomic mass is 10.2. The standard InChI is InChI=1S/C13H21NO3/c1-11-10-12(14)4-5-13(11)17-7-3-6-16-9-8-15-2/h4-5,10H,3,6-9,14H2,1-2H3. The van der Waals surface area contributed by atoms with E-state index in [9.17, 15) is 0 Å². The molecular weight excluding hydrogens is 218 g/mol. The predicted molar refractivity (Wildman–Crippen MR) is 68.4 cm³/mol. The number of hydrogen-bond acceptors (Lipinski definition) is 4. The zero-order valence-corrected chi connectivity index (χ0v) is 10.6. The number of ether oxygens (including phenoxy) is 3. The first kappa shape index (κ1) is 13.8. The average Bonchev–Trinajstić information content (AvgIpc) is 2.30. The fourth-order valence-electron chi connectivity index (χ4n) is 1.42. The maximum atomic E-state index is 5.66. The van der Waals surface area contributed by atoms with Gasteiger partial charge in [-0.15, -0.1) is 0 Å². The van der Waals surface area contributed by atoms with Crippen LogP contribution in [0.5, 0.6) is 5.75 Å². The van der Waals surface area contributed by atoms with E-state index < -0.39 is 0 Å². The molecule has 1 aromatic rings. The van der Waals surface area contributed by atoms with Crippen LogP contribution in [-0.4, -0.2) is 33.5 Å². The minimum atomic E-state index is 0.636. The smallest absolute Gasteiger partial charge is 0.122 e. The molecule has 0 unspecified atom stereocenters. The zero-order chi connectivity index (χ0) is 12.5. The zero-order valence-electron chi connectivity index (χ0n) is 10.6. The van der Waals surface area contributed by atoms with Crippen molar-refractivity contribution in [3.63, 3.8) is 0 Å². The molecule has 0 fully saturated rings. The maximum Gasteiger partial charge on any atom is 0.122 e. The fourth-order valence-corrected chi connectivity index (χ4v) is 1.42. The molecule has 96 valence electrons. The number of nitrogen functional groups attached to an aromatic ring is 1. The van der Waals surface area contributed by atoms with Crippen LogP contribution in [-0.2, 0) is 9.47 Å². The van der Waals surface area contributed by atoms with E-state index in [1.165, 1.54) is 0 Å². The summed E-state index contributed by atoms with van der Waals surface area (Å²) >= 11 is 0. The largest absolute Gasteiger partial charge is 0.493 e. The molecule has 0 saturated carbocycles. The molecule has 0 aromatic heterocycles. The van der Waals surface area contributed by atoms with Crippen molar-refractivity contribution < 1.29 is 14.2 Å². The topological polar surface area (TPSA) is 53.7 Å². The Balaban J connectivity index is 2.14. The number of methoxy groups -OCH3 is 1. The van der Waals surface area contributed by atoms with Crippen molar-refractivity contribution in [1.29, 1.82) is 0 Å². The monoisotopic (exact) mass is 239 g/mol. The lowest BCUT2D eigenvalue weighted by Gasteiger charge is -2.09. The Hall–Kier alpha value is -1.26. The highest BCUT2D eigenvalue weighted by Gasteiger charge is 1.99. The summed E-state index contributed by atoms with van der Waals surface area (Å²) in [6.07, 6.45) is 0.869. The lowest BCUT2D eigenvalue weighted by Crippen LogP contribution is -2.07. The number of benzene rings is 1. The third kappa shape index (κ3) is 5.56. The van der Waals surface area contributed by atoms with Gasteiger partial charge in [0.05, 0.1) is 19.8 Å². The third-order valence-electron chi connectivity index (χ3n) is 2.32. The van der Waals surface area contributed by atoms with Gasteiger partial charge < -0.3 is 19.9 Å². The SMILES string of the molecule is COCCOCCCOc1ccc(N)cc1C. The number of rotatable bonds is 8. The van der Waals surface area contributed by atoms with Crippen molar-refractivity contribution in [3.05, 3.63) is 23.8 Å². The van der Waals surface area contributed by atoms with Crippen LogP contribution in [0.3, 0.4) is 0 Å². The number of nitrogens with two attached hydrogens (primary N) is 1. The second-order valence-electron chi connectivity index (χ2n) is 3.83. The van der Waals surface area contributed by atoms with E-state index >= 15 is 0 Å². The second-order valence-corrected chi connectivity index (χ2v) is 3.83. The van der Waals surface area contributed by atoms with Crippen molar-refractivity contribution in [3.8, 4) is 5.75 Å². The van der Waals surface area contributed by atoms with Crippen LogP contribution < -0.4 is 10.5 Å². The Morgan fingerprint density at radius 2 is 1.94 bits per heavy atom. The molecule has 1 rings (SSSR count). The third-order valence-corrected chi connectivity index (χ3v) is 2.32. The quantitative estimate of drug-likeness (QED) is 0.557. The summed E-state index contributed by atoms with van der Waals surface area (Å²) in [6, 6.07) is 5.65. The van der Waals surface area contributed by atoms with Gasteiger partial charge in [-0.2, -0.15) is 0 Å². The molecule has 4 nitrogen and oxygen atoms in total. The molecular formula is C13H21NO3. The summed E-state index contributed by atoms with van der Waals surface area (Å²) in [7, 11) is 1.66. The molecule has 4 heteroatoms. The van der Waals surface area contributed by atoms with E-state index in [1.54, 1.807) is 7.11 Å². The van der Waals surface area contributed by atoms with Gasteiger partial charge in [0, 0.05) is 25.8 Å². The molecule has 0 aliphatic rings. The Morgan fingerprint density at radius 3 is 2.65 bits per heavy atom. The summed E-state index contributed by atoms with van der Waals surface area (Å²) in [4.78, 5) is 0. The first-order valence-electron chi connectivity index (χ1n) is 5.79. The highest BCUT2D eigenvalue weighted by molar-refractivity contribution is 5.47. The van der Waals surface area contributed by atoms with Crippen molar-refractivity contribution in [1.82, 2.24) is 0 Å². The molecule has 0 bridgehead atoms. The minimum absolute atomic E-state index is 0.636. The van der Waals surface area contributed by atoms with Crippen molar-refractivity contribution in [2.75, 3.05) is 39.3 Å². The van der Waals surface area contributed by atoms with Gasteiger partial charge in [0.2, 0.25) is 0 Å². The number of hydrogen-bond donors (Lipinski definition) is 1. The van der Waals surface area contributed by atoms with Crippen LogP contribution in [0.25, 0.3) is 0 Å². The van der Waals surface area contributed by atoms with Gasteiger partial charge in [-0.3, -0.25) is 0 Å². The van der Waals surface area contributed by atoms with E-state index in [1.807, 2.05) is 25.1 Å². The van der Waals surface area contributed by atoms with Gasteiger partial charge in [0.15, 0.2) is 0 Å². The van der Waals surface area contributed by atoms with E-state index in [4.69, 9.17) is 19.9 Å². The van der Waals surface area contributed by atoms with E-state index in [-0.39, 0.29) is 0 Å². The molecule has 0 radical (unpaired) electrons. The lowest BCUT2D eigenvalue weighted by molar-refractivity contribution is 0.0644. The van der Waals surface area contributed by atoms with E-state index in [2.05, 4.69) is 0 Å². The molecule has 0 heterocycles. The average molecular weight is 239 g/mol. The molecule has 0 aliphatic heterocycles. The predicted octanol–water partition coefficient (Wildman–Crippen LogP) is 2.01. The van der Waals surface area contributed by atoms with Crippen LogP contribution >= 0.6 is 0 Å². The molecule has 0 atom stereocenters. The summed E-state index contributed by atoms with van der Waals surface area (Å²) in [5.74, 6) is 0.885. The van der Waals surface area contributed by atoms with Crippen LogP contribution in [0.1, 0.15) is 12.0 Å². The normalized spacial score (nSPS) is 10.5. The van der Waals surface area contributed by atoms with Gasteiger partial charge >= 0.3 is 0 Å². The summed E-state index contributed by atoms with van der Waals surface area (Å²) in [5, 5.41) is 0. The van der Waals surface area contributed by atoms with Gasteiger partial charge in [-0.05, 0) is 30.7 Å². The molecule has 2 N–H and O–H groups in total. The first-order chi connectivity index (χ1) is 8.24. The maximum absolute atomic E-state index is 5.66. The Bertz CT molecular complexity index is 328. The minimum Gasteiger partial charge on any atom is -0.493 e. The first-order valence-corrected chi connectivity index (χ1v) is 5.79. The molecule has 0 spiro atoms. The summed E-state index contributed by atoms with van der Waals surface area (Å²) in [5.41, 5.74) is 7.49. The summed E-state index contributed by atoms with van der Waals surface area (Å²) < 4.78 is 15.8. The number of anilines is 1. The Morgan fingerprint density at radius 1 is 1.12 bits per heavy atom. The van der Waals surface area contributed by atoms with Crippen LogP contribution in [0.2, 0.25) is 0 Å². The van der Waals surface area contributed by atoms with Crippen LogP contribution in [0.4, 0.5) is 5.69 Å². The van der Waals surface area contributed by atoms with Gasteiger partial charge in [-0.25, -0.2) is 0 Å². The van der Waals surface area contributed by atoms with Crippen LogP contribution in [0.15, 0.2) is 18.2 Å². The van der Waals surface area contributed by atoms with Crippen molar-refractivity contribution >= 4 is 5.69 Å². The Labute approximate surface area is 103 Å². The van der Waals surface area contributed by atoms with Gasteiger partial charge in [-0.1, -0.05) is 0 Å². The van der Waals surface area contributed by atoms with E-state index in [0.29, 0.717) is 26.4 Å². The molecule has 0 saturated heterocycles. The van der Waals surface area contributed by atoms with Crippen molar-refractivity contribution in [2.45, 2.75) is 13.3 Å². The van der Waals surface area contributed by atoms with Crippen molar-refractivity contribution in [2.24, 2.45) is 0 Å². The van der Waals surface area contributed by atoms with Gasteiger partial charge in [0.1, 0.15) is 5.75 Å². The van der Waals surface area contributed by atoms with Crippen LogP contribution in [0, 0.1) is 6.92 Å².